The van der Waals surface area contributed by atoms with E-state index in [1.807, 2.05) is 24.3 Å². The number of amides is 2. The maximum Gasteiger partial charge on any atom is 0.254 e. The lowest BCUT2D eigenvalue weighted by molar-refractivity contribution is -0.119. The van der Waals surface area contributed by atoms with Crippen molar-refractivity contribution in [1.82, 2.24) is 5.32 Å². The number of rotatable bonds is 5. The van der Waals surface area contributed by atoms with E-state index in [9.17, 15) is 14.0 Å². The maximum absolute atomic E-state index is 13.7. The van der Waals surface area contributed by atoms with Crippen LogP contribution in [0.1, 0.15) is 42.3 Å². The molecule has 0 fully saturated rings. The van der Waals surface area contributed by atoms with Crippen molar-refractivity contribution in [3.63, 3.8) is 0 Å². The predicted molar refractivity (Wildman–Crippen MR) is 95.7 cm³/mol. The average Bonchev–Trinajstić information content (AvgIpc) is 2.54. The van der Waals surface area contributed by atoms with Crippen molar-refractivity contribution < 1.29 is 14.0 Å². The average molecular weight is 342 g/mol. The van der Waals surface area contributed by atoms with Crippen molar-refractivity contribution in [2.75, 3.05) is 0 Å². The third-order valence-corrected chi connectivity index (χ3v) is 4.03. The third kappa shape index (κ3) is 4.89. The molecule has 0 radical (unpaired) electrons. The molecule has 0 heterocycles. The molecule has 0 bridgehead atoms. The van der Waals surface area contributed by atoms with Gasteiger partial charge >= 0.3 is 0 Å². The van der Waals surface area contributed by atoms with Gasteiger partial charge in [0.25, 0.3) is 5.91 Å². The van der Waals surface area contributed by atoms with E-state index >= 15 is 0 Å². The summed E-state index contributed by atoms with van der Waals surface area (Å²) in [7, 11) is 0. The molecule has 132 valence electrons. The van der Waals surface area contributed by atoms with Crippen LogP contribution in [0.5, 0.6) is 0 Å². The highest BCUT2D eigenvalue weighted by atomic mass is 19.1. The van der Waals surface area contributed by atoms with Crippen LogP contribution in [0.25, 0.3) is 0 Å². The Labute approximate surface area is 147 Å². The van der Waals surface area contributed by atoms with Gasteiger partial charge in [-0.05, 0) is 28.7 Å². The van der Waals surface area contributed by atoms with Crippen LogP contribution < -0.4 is 11.1 Å². The fraction of sp³-hybridized carbons (Fsp3) is 0.300. The van der Waals surface area contributed by atoms with Crippen LogP contribution in [-0.4, -0.2) is 17.9 Å². The molecule has 0 aliphatic carbocycles. The number of hydrogen-bond donors (Lipinski definition) is 2. The maximum atomic E-state index is 13.7. The molecule has 2 rings (SSSR count). The first-order valence-electron chi connectivity index (χ1n) is 8.12. The minimum atomic E-state index is -0.910. The molecule has 0 aliphatic heterocycles. The summed E-state index contributed by atoms with van der Waals surface area (Å²) in [5.74, 6) is -1.96. The van der Waals surface area contributed by atoms with Crippen LogP contribution in [0.3, 0.4) is 0 Å². The van der Waals surface area contributed by atoms with E-state index in [0.717, 1.165) is 5.56 Å². The van der Waals surface area contributed by atoms with Gasteiger partial charge in [0.05, 0.1) is 5.56 Å². The Hall–Kier alpha value is -2.69. The molecule has 0 saturated heterocycles. The monoisotopic (exact) mass is 342 g/mol. The Morgan fingerprint density at radius 3 is 2.20 bits per heavy atom. The van der Waals surface area contributed by atoms with Crippen molar-refractivity contribution >= 4 is 11.8 Å². The highest BCUT2D eigenvalue weighted by Gasteiger charge is 2.21. The summed E-state index contributed by atoms with van der Waals surface area (Å²) in [4.78, 5) is 23.9. The number of hydrogen-bond acceptors (Lipinski definition) is 2. The number of carbonyl (C=O) groups is 2. The molecule has 0 aliphatic rings. The normalized spacial score (nSPS) is 12.5. The van der Waals surface area contributed by atoms with Crippen molar-refractivity contribution in [3.05, 3.63) is 71.0 Å². The van der Waals surface area contributed by atoms with E-state index in [0.29, 0.717) is 0 Å². The standard InChI is InChI=1S/C20H23FN2O2/c1-20(2,3)14-10-8-13(9-11-14)12-17(18(22)24)23-19(25)15-6-4-5-7-16(15)21/h4-11,17H,12H2,1-3H3,(H2,22,24)(H,23,25)/t17-/m0/s1. The second-order valence-corrected chi connectivity index (χ2v) is 7.06. The van der Waals surface area contributed by atoms with Crippen molar-refractivity contribution in [1.29, 1.82) is 0 Å². The molecule has 2 amide bonds. The van der Waals surface area contributed by atoms with E-state index in [-0.39, 0.29) is 17.4 Å². The highest BCUT2D eigenvalue weighted by Crippen LogP contribution is 2.22. The van der Waals surface area contributed by atoms with E-state index in [4.69, 9.17) is 5.73 Å². The fourth-order valence-electron chi connectivity index (χ4n) is 2.48. The van der Waals surface area contributed by atoms with Crippen LogP contribution >= 0.6 is 0 Å². The first kappa shape index (κ1) is 18.6. The molecule has 0 spiro atoms. The predicted octanol–water partition coefficient (Wildman–Crippen LogP) is 2.95. The largest absolute Gasteiger partial charge is 0.368 e. The minimum Gasteiger partial charge on any atom is -0.368 e. The van der Waals surface area contributed by atoms with Gasteiger partial charge in [-0.2, -0.15) is 0 Å². The van der Waals surface area contributed by atoms with Gasteiger partial charge in [0.1, 0.15) is 11.9 Å². The molecule has 3 N–H and O–H groups in total. The lowest BCUT2D eigenvalue weighted by atomic mass is 9.86. The zero-order chi connectivity index (χ0) is 18.6. The Balaban J connectivity index is 2.12. The molecular formula is C20H23FN2O2. The summed E-state index contributed by atoms with van der Waals surface area (Å²) in [5.41, 5.74) is 7.35. The molecule has 25 heavy (non-hydrogen) atoms. The summed E-state index contributed by atoms with van der Waals surface area (Å²) < 4.78 is 13.7. The second kappa shape index (κ2) is 7.47. The molecule has 5 heteroatoms. The number of nitrogens with two attached hydrogens (primary N) is 1. The second-order valence-electron chi connectivity index (χ2n) is 7.06. The minimum absolute atomic E-state index is 0.0284. The van der Waals surface area contributed by atoms with Crippen LogP contribution in [0.2, 0.25) is 0 Å². The van der Waals surface area contributed by atoms with Crippen molar-refractivity contribution in [2.24, 2.45) is 5.73 Å². The smallest absolute Gasteiger partial charge is 0.254 e. The Kier molecular flexibility index (Phi) is 5.57. The van der Waals surface area contributed by atoms with E-state index in [2.05, 4.69) is 26.1 Å². The Morgan fingerprint density at radius 2 is 1.68 bits per heavy atom. The third-order valence-electron chi connectivity index (χ3n) is 4.03. The molecule has 4 nitrogen and oxygen atoms in total. The van der Waals surface area contributed by atoms with Gasteiger partial charge in [-0.15, -0.1) is 0 Å². The molecule has 1 atom stereocenters. The fourth-order valence-corrected chi connectivity index (χ4v) is 2.48. The first-order chi connectivity index (χ1) is 11.7. The van der Waals surface area contributed by atoms with Crippen LogP contribution in [0, 0.1) is 5.82 Å². The molecule has 2 aromatic rings. The van der Waals surface area contributed by atoms with Gasteiger partial charge < -0.3 is 11.1 Å². The van der Waals surface area contributed by atoms with Gasteiger partial charge in [-0.3, -0.25) is 9.59 Å². The zero-order valence-corrected chi connectivity index (χ0v) is 14.7. The molecule has 0 unspecified atom stereocenters. The van der Waals surface area contributed by atoms with Crippen molar-refractivity contribution in [3.8, 4) is 0 Å². The molecule has 2 aromatic carbocycles. The van der Waals surface area contributed by atoms with E-state index in [1.165, 1.54) is 23.8 Å². The number of halogens is 1. The topological polar surface area (TPSA) is 72.2 Å². The van der Waals surface area contributed by atoms with Crippen LogP contribution in [0.4, 0.5) is 4.39 Å². The molecule has 0 aromatic heterocycles. The van der Waals surface area contributed by atoms with Crippen LogP contribution in [-0.2, 0) is 16.6 Å². The van der Waals surface area contributed by atoms with Gasteiger partial charge in [0.2, 0.25) is 5.91 Å². The summed E-state index contributed by atoms with van der Waals surface area (Å²) >= 11 is 0. The van der Waals surface area contributed by atoms with Gasteiger partial charge in [-0.25, -0.2) is 4.39 Å². The van der Waals surface area contributed by atoms with E-state index < -0.39 is 23.7 Å². The first-order valence-corrected chi connectivity index (χ1v) is 8.12. The van der Waals surface area contributed by atoms with E-state index in [1.54, 1.807) is 6.07 Å². The Morgan fingerprint density at radius 1 is 1.08 bits per heavy atom. The zero-order valence-electron chi connectivity index (χ0n) is 14.7. The summed E-state index contributed by atoms with van der Waals surface area (Å²) in [6.45, 7) is 6.34. The summed E-state index contributed by atoms with van der Waals surface area (Å²) in [6, 6.07) is 12.5. The van der Waals surface area contributed by atoms with Crippen LogP contribution in [0.15, 0.2) is 48.5 Å². The van der Waals surface area contributed by atoms with Gasteiger partial charge in [0, 0.05) is 6.42 Å². The summed E-state index contributed by atoms with van der Waals surface area (Å²) in [6.07, 6.45) is 0.250. The quantitative estimate of drug-likeness (QED) is 0.877. The number of primary amides is 1. The number of nitrogens with one attached hydrogen (secondary N) is 1. The Bertz CT molecular complexity index is 764. The van der Waals surface area contributed by atoms with Gasteiger partial charge in [-0.1, -0.05) is 57.2 Å². The summed E-state index contributed by atoms with van der Waals surface area (Å²) in [5, 5.41) is 2.51. The SMILES string of the molecule is CC(C)(C)c1ccc(C[C@H](NC(=O)c2ccccc2F)C(N)=O)cc1. The lowest BCUT2D eigenvalue weighted by Crippen LogP contribution is -2.46. The van der Waals surface area contributed by atoms with Crippen molar-refractivity contribution in [2.45, 2.75) is 38.6 Å². The van der Waals surface area contributed by atoms with Gasteiger partial charge in [0.15, 0.2) is 0 Å². The number of carbonyl (C=O) groups excluding carboxylic acids is 2. The number of benzene rings is 2. The highest BCUT2D eigenvalue weighted by molar-refractivity contribution is 5.97. The molecular weight excluding hydrogens is 319 g/mol. The lowest BCUT2D eigenvalue weighted by Gasteiger charge is -2.20. The molecule has 0 saturated carbocycles.